The van der Waals surface area contributed by atoms with Crippen molar-refractivity contribution < 1.29 is 28.5 Å². The summed E-state index contributed by atoms with van der Waals surface area (Å²) in [7, 11) is 0. The number of carbonyl (C=O) groups is 1. The molecule has 5 heterocycles. The lowest BCUT2D eigenvalue weighted by Crippen LogP contribution is -2.41. The van der Waals surface area contributed by atoms with Crippen LogP contribution in [0.1, 0.15) is 51.5 Å². The van der Waals surface area contributed by atoms with E-state index in [0.29, 0.717) is 76.5 Å². The van der Waals surface area contributed by atoms with Crippen LogP contribution in [-0.2, 0) is 29.0 Å². The Bertz CT molecular complexity index is 1430. The number of ether oxygens (including phenoxy) is 3. The molecule has 2 saturated heterocycles. The van der Waals surface area contributed by atoms with Gasteiger partial charge in [0.25, 0.3) is 0 Å². The molecule has 3 aliphatic heterocycles. The van der Waals surface area contributed by atoms with Gasteiger partial charge in [-0.3, -0.25) is 9.69 Å². The fourth-order valence-corrected chi connectivity index (χ4v) is 5.70. The Labute approximate surface area is 264 Å². The number of nitrogens with one attached hydrogen (secondary N) is 1. The number of benzene rings is 1. The normalized spacial score (nSPS) is 17.8. The number of rotatable bonds is 12. The average Bonchev–Trinajstić information content (AvgIpc) is 3.42. The molecule has 2 fully saturated rings. The van der Waals surface area contributed by atoms with Crippen LogP contribution in [0.2, 0.25) is 0 Å². The zero-order valence-corrected chi connectivity index (χ0v) is 26.4. The SMILES string of the molecule is Cc1ncoc1COc1ccc2c(c1C)CCN(C[C@@H](O)CCC(=O)c1cc(NC3COC3)nc(N3CCOCC3)n1)C2.S. The summed E-state index contributed by atoms with van der Waals surface area (Å²) in [5, 5.41) is 14.2. The highest BCUT2D eigenvalue weighted by Gasteiger charge is 2.25. The lowest BCUT2D eigenvalue weighted by molar-refractivity contribution is 0.0209. The van der Waals surface area contributed by atoms with Crippen molar-refractivity contribution >= 4 is 31.0 Å². The minimum Gasteiger partial charge on any atom is -0.485 e. The Balaban J connectivity index is 0.00000384. The smallest absolute Gasteiger partial charge is 0.228 e. The summed E-state index contributed by atoms with van der Waals surface area (Å²) in [5.74, 6) is 2.63. The van der Waals surface area contributed by atoms with Gasteiger partial charge in [-0.05, 0) is 49.4 Å². The summed E-state index contributed by atoms with van der Waals surface area (Å²) < 4.78 is 22.2. The molecule has 0 spiro atoms. The number of fused-ring (bicyclic) bond motifs is 1. The van der Waals surface area contributed by atoms with Crippen LogP contribution in [-0.4, -0.2) is 95.5 Å². The number of aromatic nitrogens is 3. The Hall–Kier alpha value is -3.23. The molecule has 6 rings (SSSR count). The molecule has 238 valence electrons. The van der Waals surface area contributed by atoms with Crippen LogP contribution in [0.3, 0.4) is 0 Å². The number of Topliss-reactive ketones (excluding diaryl/α,β-unsaturated/α-hetero) is 1. The first-order valence-electron chi connectivity index (χ1n) is 15.1. The number of morpholine rings is 1. The van der Waals surface area contributed by atoms with E-state index in [-0.39, 0.29) is 31.7 Å². The van der Waals surface area contributed by atoms with Gasteiger partial charge in [0, 0.05) is 45.2 Å². The molecule has 1 aromatic carbocycles. The number of hydrogen-bond donors (Lipinski definition) is 2. The predicted octanol–water partition coefficient (Wildman–Crippen LogP) is 2.80. The summed E-state index contributed by atoms with van der Waals surface area (Å²) in [4.78, 5) is 30.9. The van der Waals surface area contributed by atoms with Crippen LogP contribution >= 0.6 is 13.5 Å². The van der Waals surface area contributed by atoms with Crippen molar-refractivity contribution in [2.24, 2.45) is 0 Å². The summed E-state index contributed by atoms with van der Waals surface area (Å²) >= 11 is 0. The number of aliphatic hydroxyl groups excluding tert-OH is 1. The molecule has 12 nitrogen and oxygen atoms in total. The van der Waals surface area contributed by atoms with Gasteiger partial charge in [0.05, 0.1) is 44.3 Å². The maximum absolute atomic E-state index is 13.2. The van der Waals surface area contributed by atoms with Crippen LogP contribution in [0.25, 0.3) is 0 Å². The van der Waals surface area contributed by atoms with Gasteiger partial charge in [-0.25, -0.2) is 9.97 Å². The van der Waals surface area contributed by atoms with E-state index >= 15 is 0 Å². The molecule has 1 atom stereocenters. The minimum absolute atomic E-state index is 0. The highest BCUT2D eigenvalue weighted by Crippen LogP contribution is 2.30. The molecule has 44 heavy (non-hydrogen) atoms. The predicted molar refractivity (Wildman–Crippen MR) is 169 cm³/mol. The van der Waals surface area contributed by atoms with Gasteiger partial charge in [-0.15, -0.1) is 0 Å². The van der Waals surface area contributed by atoms with E-state index in [2.05, 4.69) is 38.2 Å². The Kier molecular flexibility index (Phi) is 10.7. The molecule has 0 amide bonds. The van der Waals surface area contributed by atoms with Crippen LogP contribution in [0, 0.1) is 13.8 Å². The van der Waals surface area contributed by atoms with Crippen molar-refractivity contribution in [2.75, 3.05) is 62.8 Å². The van der Waals surface area contributed by atoms with Gasteiger partial charge < -0.3 is 34.0 Å². The number of ketones is 1. The maximum Gasteiger partial charge on any atom is 0.228 e. The Morgan fingerprint density at radius 2 is 1.98 bits per heavy atom. The van der Waals surface area contributed by atoms with Crippen LogP contribution in [0.15, 0.2) is 29.0 Å². The van der Waals surface area contributed by atoms with Crippen molar-refractivity contribution in [3.05, 3.63) is 58.4 Å². The number of β-amino-alcohol motifs (C(OH)–C–C–N with tert-alkyl or cyclic N) is 1. The molecule has 2 N–H and O–H groups in total. The fourth-order valence-electron chi connectivity index (χ4n) is 5.70. The number of anilines is 2. The lowest BCUT2D eigenvalue weighted by atomic mass is 9.94. The number of nitrogens with zero attached hydrogens (tertiary/aromatic N) is 5. The third kappa shape index (κ3) is 7.70. The van der Waals surface area contributed by atoms with Crippen molar-refractivity contribution in [3.8, 4) is 5.75 Å². The first-order valence-corrected chi connectivity index (χ1v) is 15.1. The molecule has 0 radical (unpaired) electrons. The molecule has 0 unspecified atom stereocenters. The molecular formula is C31H42N6O6S. The molecule has 13 heteroatoms. The van der Waals surface area contributed by atoms with Gasteiger partial charge in [0.2, 0.25) is 5.95 Å². The van der Waals surface area contributed by atoms with Crippen LogP contribution in [0.4, 0.5) is 11.8 Å². The summed E-state index contributed by atoms with van der Waals surface area (Å²) in [6, 6.07) is 6.01. The minimum atomic E-state index is -0.621. The Morgan fingerprint density at radius 3 is 2.70 bits per heavy atom. The van der Waals surface area contributed by atoms with Gasteiger partial charge in [-0.2, -0.15) is 18.5 Å². The molecule has 0 bridgehead atoms. The van der Waals surface area contributed by atoms with E-state index in [9.17, 15) is 9.90 Å². The van der Waals surface area contributed by atoms with Crippen molar-refractivity contribution in [2.45, 2.75) is 58.4 Å². The second kappa shape index (κ2) is 14.7. The van der Waals surface area contributed by atoms with Crippen molar-refractivity contribution in [1.82, 2.24) is 19.9 Å². The molecule has 3 aliphatic rings. The molecule has 0 aliphatic carbocycles. The van der Waals surface area contributed by atoms with Gasteiger partial charge in [-0.1, -0.05) is 6.07 Å². The number of aliphatic hydroxyl groups is 1. The third-order valence-corrected chi connectivity index (χ3v) is 8.38. The monoisotopic (exact) mass is 626 g/mol. The van der Waals surface area contributed by atoms with Gasteiger partial charge in [0.1, 0.15) is 23.9 Å². The quantitative estimate of drug-likeness (QED) is 0.286. The van der Waals surface area contributed by atoms with E-state index in [1.54, 1.807) is 6.07 Å². The summed E-state index contributed by atoms with van der Waals surface area (Å²) in [6.45, 7) is 10.2. The molecule has 0 saturated carbocycles. The van der Waals surface area contributed by atoms with Crippen LogP contribution in [0.5, 0.6) is 5.75 Å². The zero-order chi connectivity index (χ0) is 29.8. The summed E-state index contributed by atoms with van der Waals surface area (Å²) in [5.41, 5.74) is 4.88. The highest BCUT2D eigenvalue weighted by molar-refractivity contribution is 7.59. The highest BCUT2D eigenvalue weighted by atomic mass is 32.1. The standard InChI is InChI=1S/C31H40N6O6.H2S/c1-20-25-7-8-36(14-22(25)3-6-28(20)42-18-29-21(2)32-19-43-29)15-24(38)4-5-27(39)26-13-30(33-23-16-41-17-23)35-31(34-26)37-9-11-40-12-10-37;/h3,6,13,19,23-24,38H,4-5,7-12,14-18H2,1-2H3,(H,33,34,35);1H2/t24-;/m0./s1. The maximum atomic E-state index is 13.2. The molecular weight excluding hydrogens is 584 g/mol. The first-order chi connectivity index (χ1) is 20.9. The second-order valence-corrected chi connectivity index (χ2v) is 11.5. The Morgan fingerprint density at radius 1 is 1.16 bits per heavy atom. The molecule has 2 aromatic heterocycles. The second-order valence-electron chi connectivity index (χ2n) is 11.5. The third-order valence-electron chi connectivity index (χ3n) is 8.38. The largest absolute Gasteiger partial charge is 0.485 e. The van der Waals surface area contributed by atoms with E-state index < -0.39 is 6.10 Å². The van der Waals surface area contributed by atoms with Gasteiger partial charge >= 0.3 is 0 Å². The number of carbonyl (C=O) groups excluding carboxylic acids is 1. The zero-order valence-electron chi connectivity index (χ0n) is 25.4. The topological polar surface area (TPSA) is 135 Å². The number of oxazole rings is 1. The van der Waals surface area contributed by atoms with Gasteiger partial charge in [0.15, 0.2) is 17.9 Å². The molecule has 3 aromatic rings. The van der Waals surface area contributed by atoms with Crippen LogP contribution < -0.4 is 15.0 Å². The van der Waals surface area contributed by atoms with E-state index in [0.717, 1.165) is 42.3 Å². The van der Waals surface area contributed by atoms with E-state index in [1.165, 1.54) is 17.5 Å². The number of aryl methyl sites for hydroxylation is 1. The first kappa shape index (κ1) is 32.2. The lowest BCUT2D eigenvalue weighted by Gasteiger charge is -2.31. The van der Waals surface area contributed by atoms with Crippen molar-refractivity contribution in [1.29, 1.82) is 0 Å². The van der Waals surface area contributed by atoms with Crippen molar-refractivity contribution in [3.63, 3.8) is 0 Å². The fraction of sp³-hybridized carbons (Fsp3) is 0.548. The summed E-state index contributed by atoms with van der Waals surface area (Å²) in [6.07, 6.45) is 2.26. The van der Waals surface area contributed by atoms with E-state index in [4.69, 9.17) is 18.6 Å². The average molecular weight is 627 g/mol. The van der Waals surface area contributed by atoms with E-state index in [1.807, 2.05) is 17.9 Å². The number of hydrogen-bond acceptors (Lipinski definition) is 12.